The van der Waals surface area contributed by atoms with E-state index in [1.807, 2.05) is 30.5 Å². The molecule has 2 aromatic rings. The van der Waals surface area contributed by atoms with Gasteiger partial charge in [0.15, 0.2) is 6.61 Å². The molecule has 1 aliphatic carbocycles. The van der Waals surface area contributed by atoms with Crippen molar-refractivity contribution >= 4 is 22.8 Å². The summed E-state index contributed by atoms with van der Waals surface area (Å²) in [4.78, 5) is 27.1. The first-order valence-corrected chi connectivity index (χ1v) is 8.63. The normalized spacial score (nSPS) is 20.7. The van der Waals surface area contributed by atoms with Crippen LogP contribution in [-0.4, -0.2) is 29.5 Å². The van der Waals surface area contributed by atoms with E-state index in [1.165, 1.54) is 6.42 Å². The Bertz CT molecular complexity index is 722. The standard InChI is InChI=1S/C19H24N2O3/c1-13-6-2-4-8-16(13)21-18(22)12-24-19(23)10-14-11-20-17-9-5-3-7-15(14)17/h3,5,7,9,11,13,16,20H,2,4,6,8,10,12H2,1H3,(H,21,22)/t13-,16-/m0/s1. The molecule has 0 bridgehead atoms. The fourth-order valence-corrected chi connectivity index (χ4v) is 3.41. The molecule has 128 valence electrons. The summed E-state index contributed by atoms with van der Waals surface area (Å²) < 4.78 is 5.14. The number of hydrogen-bond acceptors (Lipinski definition) is 3. The average molecular weight is 328 g/mol. The number of carbonyl (C=O) groups is 2. The van der Waals surface area contributed by atoms with Gasteiger partial charge >= 0.3 is 5.97 Å². The highest BCUT2D eigenvalue weighted by atomic mass is 16.5. The van der Waals surface area contributed by atoms with Crippen molar-refractivity contribution in [3.63, 3.8) is 0 Å². The second-order valence-electron chi connectivity index (χ2n) is 6.63. The third-order valence-corrected chi connectivity index (χ3v) is 4.83. The van der Waals surface area contributed by atoms with Crippen molar-refractivity contribution < 1.29 is 14.3 Å². The Labute approximate surface area is 141 Å². The Kier molecular flexibility index (Phi) is 5.18. The van der Waals surface area contributed by atoms with Crippen LogP contribution < -0.4 is 5.32 Å². The minimum absolute atomic E-state index is 0.164. The minimum atomic E-state index is -0.383. The first kappa shape index (κ1) is 16.6. The smallest absolute Gasteiger partial charge is 0.310 e. The molecule has 0 saturated heterocycles. The molecule has 1 fully saturated rings. The molecule has 0 unspecified atom stereocenters. The van der Waals surface area contributed by atoms with E-state index < -0.39 is 0 Å². The highest BCUT2D eigenvalue weighted by Gasteiger charge is 2.23. The Morgan fingerprint density at radius 1 is 1.25 bits per heavy atom. The lowest BCUT2D eigenvalue weighted by Gasteiger charge is -2.29. The van der Waals surface area contributed by atoms with Gasteiger partial charge in [0.05, 0.1) is 6.42 Å². The van der Waals surface area contributed by atoms with Gasteiger partial charge in [-0.1, -0.05) is 38.0 Å². The van der Waals surface area contributed by atoms with Crippen molar-refractivity contribution in [1.29, 1.82) is 0 Å². The lowest BCUT2D eigenvalue weighted by molar-refractivity contribution is -0.148. The molecular formula is C19H24N2O3. The number of aromatic nitrogens is 1. The molecule has 0 radical (unpaired) electrons. The quantitative estimate of drug-likeness (QED) is 0.829. The Morgan fingerprint density at radius 2 is 2.04 bits per heavy atom. The number of aromatic amines is 1. The van der Waals surface area contributed by atoms with E-state index in [0.717, 1.165) is 35.7 Å². The molecule has 1 aromatic carbocycles. The van der Waals surface area contributed by atoms with Crippen molar-refractivity contribution in [2.75, 3.05) is 6.61 Å². The van der Waals surface area contributed by atoms with Gasteiger partial charge in [0.2, 0.25) is 0 Å². The predicted molar refractivity (Wildman–Crippen MR) is 92.5 cm³/mol. The largest absolute Gasteiger partial charge is 0.455 e. The molecule has 5 heteroatoms. The Balaban J connectivity index is 1.47. The molecule has 0 spiro atoms. The molecule has 1 heterocycles. The van der Waals surface area contributed by atoms with Crippen LogP contribution in [0, 0.1) is 5.92 Å². The minimum Gasteiger partial charge on any atom is -0.455 e. The molecule has 1 aromatic heterocycles. The van der Waals surface area contributed by atoms with Gasteiger partial charge in [0, 0.05) is 23.1 Å². The van der Waals surface area contributed by atoms with Gasteiger partial charge in [0.1, 0.15) is 0 Å². The Morgan fingerprint density at radius 3 is 2.88 bits per heavy atom. The highest BCUT2D eigenvalue weighted by Crippen LogP contribution is 2.23. The molecule has 2 N–H and O–H groups in total. The van der Waals surface area contributed by atoms with Crippen molar-refractivity contribution in [3.05, 3.63) is 36.0 Å². The summed E-state index contributed by atoms with van der Waals surface area (Å²) in [5, 5.41) is 4.00. The summed E-state index contributed by atoms with van der Waals surface area (Å²) in [7, 11) is 0. The zero-order chi connectivity index (χ0) is 16.9. The number of carbonyl (C=O) groups excluding carboxylic acids is 2. The fraction of sp³-hybridized carbons (Fsp3) is 0.474. The molecule has 0 aliphatic heterocycles. The van der Waals surface area contributed by atoms with Crippen LogP contribution in [0.5, 0.6) is 0 Å². The van der Waals surface area contributed by atoms with E-state index in [0.29, 0.717) is 5.92 Å². The van der Waals surface area contributed by atoms with Crippen LogP contribution >= 0.6 is 0 Å². The Hall–Kier alpha value is -2.30. The maximum absolute atomic E-state index is 12.0. The summed E-state index contributed by atoms with van der Waals surface area (Å²) in [6.45, 7) is 1.96. The SMILES string of the molecule is C[C@H]1CCCC[C@@H]1NC(=O)COC(=O)Cc1c[nH]c2ccccc12. The number of para-hydroxylation sites is 1. The van der Waals surface area contributed by atoms with E-state index in [2.05, 4.69) is 17.2 Å². The topological polar surface area (TPSA) is 71.2 Å². The second kappa shape index (κ2) is 7.51. The summed E-state index contributed by atoms with van der Waals surface area (Å²) >= 11 is 0. The number of H-pyrrole nitrogens is 1. The third-order valence-electron chi connectivity index (χ3n) is 4.83. The summed E-state index contributed by atoms with van der Waals surface area (Å²) in [6.07, 6.45) is 6.51. The van der Waals surface area contributed by atoms with E-state index in [9.17, 15) is 9.59 Å². The molecule has 2 atom stereocenters. The average Bonchev–Trinajstić information content (AvgIpc) is 2.98. The van der Waals surface area contributed by atoms with Crippen LogP contribution in [0.25, 0.3) is 10.9 Å². The number of hydrogen-bond donors (Lipinski definition) is 2. The first-order valence-electron chi connectivity index (χ1n) is 8.63. The van der Waals surface area contributed by atoms with Crippen LogP contribution in [0.4, 0.5) is 0 Å². The summed E-state index contributed by atoms with van der Waals surface area (Å²) in [6, 6.07) is 8.01. The molecule has 5 nitrogen and oxygen atoms in total. The van der Waals surface area contributed by atoms with Gasteiger partial charge in [0.25, 0.3) is 5.91 Å². The van der Waals surface area contributed by atoms with Crippen LogP contribution in [0.3, 0.4) is 0 Å². The number of rotatable bonds is 5. The number of nitrogens with one attached hydrogen (secondary N) is 2. The van der Waals surface area contributed by atoms with Gasteiger partial charge in [-0.05, 0) is 30.4 Å². The fourth-order valence-electron chi connectivity index (χ4n) is 3.41. The van der Waals surface area contributed by atoms with Crippen molar-refractivity contribution in [1.82, 2.24) is 10.3 Å². The molecular weight excluding hydrogens is 304 g/mol. The van der Waals surface area contributed by atoms with Gasteiger partial charge in [-0.25, -0.2) is 0 Å². The maximum atomic E-state index is 12.0. The number of benzene rings is 1. The van der Waals surface area contributed by atoms with Gasteiger partial charge in [-0.2, -0.15) is 0 Å². The molecule has 24 heavy (non-hydrogen) atoms. The number of ether oxygens (including phenoxy) is 1. The molecule has 1 saturated carbocycles. The lowest BCUT2D eigenvalue weighted by atomic mass is 9.86. The zero-order valence-electron chi connectivity index (χ0n) is 14.0. The van der Waals surface area contributed by atoms with E-state index in [1.54, 1.807) is 0 Å². The first-order chi connectivity index (χ1) is 11.6. The second-order valence-corrected chi connectivity index (χ2v) is 6.63. The molecule has 3 rings (SSSR count). The van der Waals surface area contributed by atoms with E-state index in [4.69, 9.17) is 4.74 Å². The summed E-state index contributed by atoms with van der Waals surface area (Å²) in [5.41, 5.74) is 1.88. The number of esters is 1. The monoisotopic (exact) mass is 328 g/mol. The number of fused-ring (bicyclic) bond motifs is 1. The van der Waals surface area contributed by atoms with E-state index >= 15 is 0 Å². The van der Waals surface area contributed by atoms with Crippen molar-refractivity contribution in [3.8, 4) is 0 Å². The van der Waals surface area contributed by atoms with Crippen molar-refractivity contribution in [2.45, 2.75) is 45.1 Å². The van der Waals surface area contributed by atoms with Gasteiger partial charge in [-0.3, -0.25) is 9.59 Å². The van der Waals surface area contributed by atoms with Crippen LogP contribution in [0.2, 0.25) is 0 Å². The van der Waals surface area contributed by atoms with Crippen LogP contribution in [0.15, 0.2) is 30.5 Å². The van der Waals surface area contributed by atoms with Gasteiger partial charge in [-0.15, -0.1) is 0 Å². The lowest BCUT2D eigenvalue weighted by Crippen LogP contribution is -2.42. The van der Waals surface area contributed by atoms with Crippen molar-refractivity contribution in [2.24, 2.45) is 5.92 Å². The summed E-state index contributed by atoms with van der Waals surface area (Å²) in [5.74, 6) is -0.0998. The van der Waals surface area contributed by atoms with Crippen LogP contribution in [-0.2, 0) is 20.7 Å². The highest BCUT2D eigenvalue weighted by molar-refractivity contribution is 5.88. The molecule has 1 aliphatic rings. The predicted octanol–water partition coefficient (Wildman–Crippen LogP) is 2.95. The third kappa shape index (κ3) is 3.96. The zero-order valence-corrected chi connectivity index (χ0v) is 14.0. The maximum Gasteiger partial charge on any atom is 0.310 e. The van der Waals surface area contributed by atoms with E-state index in [-0.39, 0.29) is 30.9 Å². The number of amides is 1. The van der Waals surface area contributed by atoms with Gasteiger partial charge < -0.3 is 15.0 Å². The van der Waals surface area contributed by atoms with Crippen LogP contribution in [0.1, 0.15) is 38.2 Å². The molecule has 1 amide bonds.